The maximum Gasteiger partial charge on any atom is 0.0947 e. The molecule has 2 rings (SSSR count). The zero-order chi connectivity index (χ0) is 13.7. The second-order valence-corrected chi connectivity index (χ2v) is 5.10. The van der Waals surface area contributed by atoms with E-state index in [9.17, 15) is 5.11 Å². The van der Waals surface area contributed by atoms with Gasteiger partial charge in [-0.3, -0.25) is 0 Å². The van der Waals surface area contributed by atoms with Crippen molar-refractivity contribution in [3.8, 4) is 0 Å². The smallest absolute Gasteiger partial charge is 0.0947 e. The quantitative estimate of drug-likeness (QED) is 0.837. The molecule has 1 aromatic heterocycles. The maximum atomic E-state index is 10.1. The molecule has 0 aliphatic rings. The number of aliphatic hydroxyl groups excluding tert-OH is 1. The molecule has 0 amide bonds. The topological polar surface area (TPSA) is 45.4 Å². The molecule has 1 heterocycles. The Morgan fingerprint density at radius 1 is 1.11 bits per heavy atom. The monoisotopic (exact) mass is 259 g/mol. The Morgan fingerprint density at radius 3 is 2.37 bits per heavy atom. The Labute approximate surface area is 114 Å². The highest BCUT2D eigenvalue weighted by Crippen LogP contribution is 2.18. The molecule has 0 saturated heterocycles. The van der Waals surface area contributed by atoms with Crippen LogP contribution in [0.3, 0.4) is 0 Å². The Balaban J connectivity index is 1.83. The lowest BCUT2D eigenvalue weighted by molar-refractivity contribution is 0.174. The number of aliphatic hydroxyl groups is 1. The SMILES string of the molecule is CC(C)c1ccc(C(O)CNCc2ccoc2)cc1. The van der Waals surface area contributed by atoms with Gasteiger partial charge < -0.3 is 14.8 Å². The first kappa shape index (κ1) is 13.8. The molecule has 1 aromatic carbocycles. The Bertz CT molecular complexity index is 474. The standard InChI is InChI=1S/C16H21NO2/c1-12(2)14-3-5-15(6-4-14)16(18)10-17-9-13-7-8-19-11-13/h3-8,11-12,16-18H,9-10H2,1-2H3. The van der Waals surface area contributed by atoms with Crippen LogP contribution in [-0.2, 0) is 6.54 Å². The van der Waals surface area contributed by atoms with E-state index in [-0.39, 0.29) is 0 Å². The highest BCUT2D eigenvalue weighted by atomic mass is 16.3. The molecule has 0 saturated carbocycles. The Morgan fingerprint density at radius 2 is 1.79 bits per heavy atom. The molecule has 0 bridgehead atoms. The molecule has 19 heavy (non-hydrogen) atoms. The third-order valence-corrected chi connectivity index (χ3v) is 3.23. The fourth-order valence-corrected chi connectivity index (χ4v) is 1.97. The summed E-state index contributed by atoms with van der Waals surface area (Å²) in [5.41, 5.74) is 3.33. The molecule has 2 aromatic rings. The molecule has 0 radical (unpaired) electrons. The van der Waals surface area contributed by atoms with Gasteiger partial charge in [-0.25, -0.2) is 0 Å². The van der Waals surface area contributed by atoms with E-state index in [0.717, 1.165) is 11.1 Å². The lowest BCUT2D eigenvalue weighted by Crippen LogP contribution is -2.20. The summed E-state index contributed by atoms with van der Waals surface area (Å²) in [6.07, 6.45) is 2.88. The van der Waals surface area contributed by atoms with Gasteiger partial charge in [0.25, 0.3) is 0 Å². The number of nitrogens with one attached hydrogen (secondary N) is 1. The van der Waals surface area contributed by atoms with E-state index in [1.807, 2.05) is 18.2 Å². The first-order chi connectivity index (χ1) is 9.16. The summed E-state index contributed by atoms with van der Waals surface area (Å²) in [4.78, 5) is 0. The summed E-state index contributed by atoms with van der Waals surface area (Å²) < 4.78 is 4.99. The van der Waals surface area contributed by atoms with Gasteiger partial charge in [0.1, 0.15) is 0 Å². The van der Waals surface area contributed by atoms with Crippen LogP contribution in [0.4, 0.5) is 0 Å². The highest BCUT2D eigenvalue weighted by Gasteiger charge is 2.08. The Kier molecular flexibility index (Phi) is 4.77. The highest BCUT2D eigenvalue weighted by molar-refractivity contribution is 5.26. The fourth-order valence-electron chi connectivity index (χ4n) is 1.97. The lowest BCUT2D eigenvalue weighted by Gasteiger charge is -2.13. The van der Waals surface area contributed by atoms with Crippen LogP contribution in [0.2, 0.25) is 0 Å². The lowest BCUT2D eigenvalue weighted by atomic mass is 10.00. The molecule has 1 atom stereocenters. The third-order valence-electron chi connectivity index (χ3n) is 3.23. The van der Waals surface area contributed by atoms with Crippen LogP contribution in [0, 0.1) is 0 Å². The van der Waals surface area contributed by atoms with Crippen LogP contribution >= 0.6 is 0 Å². The number of benzene rings is 1. The van der Waals surface area contributed by atoms with Gasteiger partial charge in [-0.05, 0) is 23.1 Å². The molecule has 0 spiro atoms. The second kappa shape index (κ2) is 6.55. The van der Waals surface area contributed by atoms with Crippen molar-refractivity contribution in [2.45, 2.75) is 32.4 Å². The van der Waals surface area contributed by atoms with Gasteiger partial charge in [-0.15, -0.1) is 0 Å². The van der Waals surface area contributed by atoms with E-state index in [1.54, 1.807) is 12.5 Å². The molecule has 0 fully saturated rings. The van der Waals surface area contributed by atoms with Crippen LogP contribution in [0.5, 0.6) is 0 Å². The van der Waals surface area contributed by atoms with Crippen molar-refractivity contribution in [3.05, 3.63) is 59.5 Å². The van der Waals surface area contributed by atoms with E-state index < -0.39 is 6.10 Å². The molecule has 3 heteroatoms. The average Bonchev–Trinajstić information content (AvgIpc) is 2.92. The van der Waals surface area contributed by atoms with Gasteiger partial charge in [-0.1, -0.05) is 38.1 Å². The molecule has 1 unspecified atom stereocenters. The molecule has 0 aliphatic heterocycles. The third kappa shape index (κ3) is 3.94. The van der Waals surface area contributed by atoms with Crippen LogP contribution in [0.1, 0.15) is 42.6 Å². The molecule has 102 valence electrons. The largest absolute Gasteiger partial charge is 0.472 e. The fraction of sp³-hybridized carbons (Fsp3) is 0.375. The minimum absolute atomic E-state index is 0.479. The van der Waals surface area contributed by atoms with E-state index in [0.29, 0.717) is 19.0 Å². The molecule has 2 N–H and O–H groups in total. The predicted octanol–water partition coefficient (Wildman–Crippen LogP) is 3.23. The molecular weight excluding hydrogens is 238 g/mol. The zero-order valence-electron chi connectivity index (χ0n) is 11.5. The molecular formula is C16H21NO2. The average molecular weight is 259 g/mol. The summed E-state index contributed by atoms with van der Waals surface area (Å²) in [6.45, 7) is 5.57. The van der Waals surface area contributed by atoms with Gasteiger partial charge in [0, 0.05) is 18.7 Å². The van der Waals surface area contributed by atoms with Crippen molar-refractivity contribution < 1.29 is 9.52 Å². The summed E-state index contributed by atoms with van der Waals surface area (Å²) in [6, 6.07) is 10.1. The van der Waals surface area contributed by atoms with Gasteiger partial charge in [-0.2, -0.15) is 0 Å². The van der Waals surface area contributed by atoms with Crippen LogP contribution in [0.15, 0.2) is 47.3 Å². The Hall–Kier alpha value is -1.58. The summed E-state index contributed by atoms with van der Waals surface area (Å²) in [7, 11) is 0. The van der Waals surface area contributed by atoms with Crippen LogP contribution < -0.4 is 5.32 Å². The minimum Gasteiger partial charge on any atom is -0.472 e. The minimum atomic E-state index is -0.479. The second-order valence-electron chi connectivity index (χ2n) is 5.10. The summed E-state index contributed by atoms with van der Waals surface area (Å²) in [5.74, 6) is 0.519. The van der Waals surface area contributed by atoms with Gasteiger partial charge in [0.15, 0.2) is 0 Å². The zero-order valence-corrected chi connectivity index (χ0v) is 11.5. The number of furan rings is 1. The van der Waals surface area contributed by atoms with Crippen molar-refractivity contribution in [1.82, 2.24) is 5.32 Å². The first-order valence-corrected chi connectivity index (χ1v) is 6.66. The van der Waals surface area contributed by atoms with Gasteiger partial charge >= 0.3 is 0 Å². The van der Waals surface area contributed by atoms with Crippen LogP contribution in [0.25, 0.3) is 0 Å². The van der Waals surface area contributed by atoms with Crippen molar-refractivity contribution in [2.24, 2.45) is 0 Å². The first-order valence-electron chi connectivity index (χ1n) is 6.66. The number of rotatable bonds is 6. The van der Waals surface area contributed by atoms with Crippen molar-refractivity contribution >= 4 is 0 Å². The molecule has 3 nitrogen and oxygen atoms in total. The molecule has 0 aliphatic carbocycles. The maximum absolute atomic E-state index is 10.1. The van der Waals surface area contributed by atoms with E-state index in [4.69, 9.17) is 4.42 Å². The number of hydrogen-bond donors (Lipinski definition) is 2. The predicted molar refractivity (Wildman–Crippen MR) is 75.9 cm³/mol. The normalized spacial score (nSPS) is 12.8. The van der Waals surface area contributed by atoms with E-state index >= 15 is 0 Å². The summed E-state index contributed by atoms with van der Waals surface area (Å²) >= 11 is 0. The van der Waals surface area contributed by atoms with Crippen molar-refractivity contribution in [3.63, 3.8) is 0 Å². The van der Waals surface area contributed by atoms with Gasteiger partial charge in [0.05, 0.1) is 18.6 Å². The van der Waals surface area contributed by atoms with E-state index in [2.05, 4.69) is 31.3 Å². The van der Waals surface area contributed by atoms with Gasteiger partial charge in [0.2, 0.25) is 0 Å². The van der Waals surface area contributed by atoms with Crippen LogP contribution in [-0.4, -0.2) is 11.7 Å². The van der Waals surface area contributed by atoms with E-state index in [1.165, 1.54) is 5.56 Å². The number of hydrogen-bond acceptors (Lipinski definition) is 3. The van der Waals surface area contributed by atoms with Crippen molar-refractivity contribution in [2.75, 3.05) is 6.54 Å². The van der Waals surface area contributed by atoms with Crippen molar-refractivity contribution in [1.29, 1.82) is 0 Å². The summed E-state index contributed by atoms with van der Waals surface area (Å²) in [5, 5.41) is 13.3.